The minimum Gasteiger partial charge on any atom is -0.378 e. The van der Waals surface area contributed by atoms with Crippen LogP contribution >= 0.6 is 54.5 Å². The molecule has 62 heavy (non-hydrogen) atoms. The summed E-state index contributed by atoms with van der Waals surface area (Å²) in [4.78, 5) is 80.9. The molecule has 2 atom stereocenters. The summed E-state index contributed by atoms with van der Waals surface area (Å²) < 4.78 is 12.6. The van der Waals surface area contributed by atoms with E-state index in [9.17, 15) is 28.8 Å². The molecule has 6 heterocycles. The van der Waals surface area contributed by atoms with Gasteiger partial charge >= 0.3 is 0 Å². The van der Waals surface area contributed by atoms with E-state index in [1.54, 1.807) is 48.5 Å². The Balaban J connectivity index is 0.000000186. The molecule has 0 bridgehead atoms. The molecule has 2 aromatic heterocycles. The lowest BCUT2D eigenvalue weighted by atomic mass is 9.97. The van der Waals surface area contributed by atoms with E-state index in [0.717, 1.165) is 70.6 Å². The fourth-order valence-electron chi connectivity index (χ4n) is 7.69. The normalized spacial score (nSPS) is 21.6. The van der Waals surface area contributed by atoms with Crippen molar-refractivity contribution in [1.29, 1.82) is 0 Å². The first-order chi connectivity index (χ1) is 29.9. The number of nitrogens with zero attached hydrogens (tertiary/aromatic N) is 2. The molecule has 0 radical (unpaired) electrons. The third-order valence-corrected chi connectivity index (χ3v) is 14.5. The van der Waals surface area contributed by atoms with Crippen LogP contribution in [0.1, 0.15) is 83.6 Å². The number of hydrogen-bond donors (Lipinski definition) is 4. The fourth-order valence-corrected chi connectivity index (χ4v) is 10.3. The van der Waals surface area contributed by atoms with Crippen molar-refractivity contribution in [3.63, 3.8) is 0 Å². The van der Waals surface area contributed by atoms with Crippen molar-refractivity contribution in [3.8, 4) is 0 Å². The van der Waals surface area contributed by atoms with E-state index in [-0.39, 0.29) is 48.7 Å². The number of amides is 6. The van der Waals surface area contributed by atoms with Crippen molar-refractivity contribution in [3.05, 3.63) is 90.1 Å². The van der Waals surface area contributed by atoms with E-state index in [2.05, 4.69) is 53.1 Å². The van der Waals surface area contributed by atoms with E-state index in [4.69, 9.17) is 9.47 Å². The van der Waals surface area contributed by atoms with Gasteiger partial charge in [-0.05, 0) is 130 Å². The monoisotopic (exact) mass is 1010 g/mol. The van der Waals surface area contributed by atoms with Gasteiger partial charge in [-0.25, -0.2) is 0 Å². The van der Waals surface area contributed by atoms with Crippen molar-refractivity contribution in [2.24, 2.45) is 0 Å². The maximum atomic E-state index is 13.1. The summed E-state index contributed by atoms with van der Waals surface area (Å²) in [5.74, 6) is -0.948. The second-order valence-corrected chi connectivity index (χ2v) is 20.5. The molecule has 4 fully saturated rings. The van der Waals surface area contributed by atoms with Gasteiger partial charge in [-0.15, -0.1) is 22.7 Å². The number of hydrogen-bond acceptors (Lipinski definition) is 10. The number of carbonyl (C=O) groups excluding carboxylic acids is 6. The number of halogens is 2. The second kappa shape index (κ2) is 20.8. The maximum absolute atomic E-state index is 13.1. The molecule has 6 amide bonds. The predicted molar refractivity (Wildman–Crippen MR) is 247 cm³/mol. The fraction of sp³-hybridized carbons (Fsp3) is 0.409. The average Bonchev–Trinajstić information content (AvgIpc) is 4.07. The summed E-state index contributed by atoms with van der Waals surface area (Å²) in [6, 6.07) is 21.6. The van der Waals surface area contributed by atoms with Crippen LogP contribution < -0.4 is 31.1 Å². The third kappa shape index (κ3) is 11.2. The minimum atomic E-state index is -1.12. The number of benzene rings is 2. The van der Waals surface area contributed by atoms with Crippen LogP contribution in [0, 0.1) is 0 Å². The van der Waals surface area contributed by atoms with E-state index >= 15 is 0 Å². The third-order valence-electron chi connectivity index (χ3n) is 11.2. The summed E-state index contributed by atoms with van der Waals surface area (Å²) in [6.07, 6.45) is 7.92. The van der Waals surface area contributed by atoms with E-state index < -0.39 is 11.1 Å². The highest BCUT2D eigenvalue weighted by Crippen LogP contribution is 2.29. The van der Waals surface area contributed by atoms with Gasteiger partial charge < -0.3 is 40.5 Å². The molecule has 0 aliphatic carbocycles. The topological polar surface area (TPSA) is 175 Å². The Morgan fingerprint density at radius 1 is 0.548 bits per heavy atom. The summed E-state index contributed by atoms with van der Waals surface area (Å²) in [7, 11) is 0. The van der Waals surface area contributed by atoms with Gasteiger partial charge in [0.2, 0.25) is 11.8 Å². The van der Waals surface area contributed by atoms with Crippen LogP contribution in [-0.4, -0.2) is 86.0 Å². The quantitative estimate of drug-likeness (QED) is 0.124. The number of ether oxygens (including phenoxy) is 2. The number of thiophene rings is 2. The lowest BCUT2D eigenvalue weighted by Crippen LogP contribution is -2.57. The molecule has 4 saturated heterocycles. The van der Waals surface area contributed by atoms with Gasteiger partial charge in [0.25, 0.3) is 23.6 Å². The van der Waals surface area contributed by atoms with Crippen molar-refractivity contribution in [1.82, 2.24) is 10.6 Å². The van der Waals surface area contributed by atoms with Crippen LogP contribution in [0.2, 0.25) is 0 Å². The van der Waals surface area contributed by atoms with Crippen LogP contribution in [0.5, 0.6) is 0 Å². The molecule has 14 nitrogen and oxygen atoms in total. The van der Waals surface area contributed by atoms with Crippen molar-refractivity contribution in [2.45, 2.75) is 75.3 Å². The molecule has 4 N–H and O–H groups in total. The Labute approximate surface area is 384 Å². The summed E-state index contributed by atoms with van der Waals surface area (Å²) in [5.41, 5.74) is 0.645. The van der Waals surface area contributed by atoms with Crippen LogP contribution in [0.25, 0.3) is 0 Å². The van der Waals surface area contributed by atoms with E-state index in [1.165, 1.54) is 22.7 Å². The SMILES string of the molecule is O=C(N[C@@]1(C(=O)Nc2ccc(N3CCCCCC3=O)cc2)CCOC1)c1ccc(Br)s1.O=C(N[C@]1(C(=O)Nc2ccc(N3CCCCCC3=O)cc2)CCOC1)c1ccc(Br)s1. The average molecular weight is 1010 g/mol. The number of rotatable bonds is 10. The van der Waals surface area contributed by atoms with E-state index in [0.29, 0.717) is 60.0 Å². The van der Waals surface area contributed by atoms with Gasteiger partial charge in [0, 0.05) is 74.7 Å². The molecule has 0 saturated carbocycles. The molecular weight excluding hydrogens is 964 g/mol. The van der Waals surface area contributed by atoms with E-state index in [1.807, 2.05) is 34.1 Å². The highest BCUT2D eigenvalue weighted by atomic mass is 79.9. The van der Waals surface area contributed by atoms with Gasteiger partial charge in [-0.1, -0.05) is 12.8 Å². The highest BCUT2D eigenvalue weighted by molar-refractivity contribution is 9.11. The van der Waals surface area contributed by atoms with Gasteiger partial charge in [-0.2, -0.15) is 0 Å². The van der Waals surface area contributed by atoms with Crippen LogP contribution in [-0.2, 0) is 28.7 Å². The first-order valence-electron chi connectivity index (χ1n) is 20.7. The Morgan fingerprint density at radius 2 is 0.952 bits per heavy atom. The summed E-state index contributed by atoms with van der Waals surface area (Å²) in [6.45, 7) is 2.48. The Morgan fingerprint density at radius 3 is 1.29 bits per heavy atom. The lowest BCUT2D eigenvalue weighted by Gasteiger charge is -2.27. The number of anilines is 4. The molecule has 0 spiro atoms. The first kappa shape index (κ1) is 45.6. The van der Waals surface area contributed by atoms with Crippen molar-refractivity contribution < 1.29 is 38.2 Å². The predicted octanol–water partition coefficient (Wildman–Crippen LogP) is 7.89. The molecule has 2 aromatic carbocycles. The largest absolute Gasteiger partial charge is 0.378 e. The van der Waals surface area contributed by atoms with Crippen LogP contribution in [0.3, 0.4) is 0 Å². The number of carbonyl (C=O) groups is 6. The minimum absolute atomic E-state index is 0.123. The van der Waals surface area contributed by atoms with Crippen molar-refractivity contribution >= 4 is 113 Å². The van der Waals surface area contributed by atoms with Gasteiger partial charge in [0.1, 0.15) is 11.1 Å². The molecule has 18 heteroatoms. The standard InChI is InChI=1S/2C22H24BrN3O4S/c2*23-18-10-9-17(31-18)20(28)25-22(11-13-30-14-22)21(29)24-15-5-7-16(8-6-15)26-12-3-1-2-4-19(26)27/h2*5-10H,1-4,11-14H2,(H,24,29)(H,25,28)/t2*22-/m10/s1. The van der Waals surface area contributed by atoms with Gasteiger partial charge in [0.05, 0.1) is 30.5 Å². The molecule has 4 aromatic rings. The zero-order chi connectivity index (χ0) is 43.7. The van der Waals surface area contributed by atoms with Crippen LogP contribution in [0.15, 0.2) is 80.4 Å². The summed E-state index contributed by atoms with van der Waals surface area (Å²) in [5, 5.41) is 11.6. The number of nitrogens with one attached hydrogen (secondary N) is 4. The zero-order valence-electron chi connectivity index (χ0n) is 34.0. The Hall–Kier alpha value is -4.46. The first-order valence-corrected chi connectivity index (χ1v) is 23.9. The smallest absolute Gasteiger partial charge is 0.262 e. The van der Waals surface area contributed by atoms with Crippen molar-refractivity contribution in [2.75, 3.05) is 60.0 Å². The lowest BCUT2D eigenvalue weighted by molar-refractivity contribution is -0.122. The molecule has 8 rings (SSSR count). The molecule has 4 aliphatic heterocycles. The van der Waals surface area contributed by atoms with Gasteiger partial charge in [0.15, 0.2) is 0 Å². The zero-order valence-corrected chi connectivity index (χ0v) is 38.8. The molecule has 0 unspecified atom stereocenters. The Kier molecular flexibility index (Phi) is 15.3. The molecular formula is C44H48Br2N6O8S2. The molecule has 328 valence electrons. The van der Waals surface area contributed by atoms with Gasteiger partial charge in [-0.3, -0.25) is 28.8 Å². The summed E-state index contributed by atoms with van der Waals surface area (Å²) >= 11 is 9.33. The molecule has 4 aliphatic rings. The Bertz CT molecular complexity index is 2100. The maximum Gasteiger partial charge on any atom is 0.262 e. The second-order valence-electron chi connectivity index (χ2n) is 15.6. The highest BCUT2D eigenvalue weighted by Gasteiger charge is 2.45. The van der Waals surface area contributed by atoms with Crippen LogP contribution in [0.4, 0.5) is 22.7 Å².